The first-order valence-corrected chi connectivity index (χ1v) is 19.9. The highest BCUT2D eigenvalue weighted by atomic mass is 32.2. The Morgan fingerprint density at radius 3 is 2.43 bits per heavy atom. The predicted molar refractivity (Wildman–Crippen MR) is 209 cm³/mol. The number of aromatic nitrogens is 5. The zero-order valence-corrected chi connectivity index (χ0v) is 31.0. The van der Waals surface area contributed by atoms with Crippen LogP contribution >= 0.6 is 11.8 Å². The number of anilines is 1. The van der Waals surface area contributed by atoms with Crippen LogP contribution in [0.1, 0.15) is 31.5 Å². The Kier molecular flexibility index (Phi) is 11.1. The van der Waals surface area contributed by atoms with E-state index in [4.69, 9.17) is 9.47 Å². The van der Waals surface area contributed by atoms with Crippen molar-refractivity contribution in [3.63, 3.8) is 0 Å². The molecule has 3 fully saturated rings. The third-order valence-electron chi connectivity index (χ3n) is 10.9. The van der Waals surface area contributed by atoms with Crippen molar-refractivity contribution in [1.29, 1.82) is 0 Å². The lowest BCUT2D eigenvalue weighted by Crippen LogP contribution is -2.49. The minimum Gasteiger partial charge on any atom is -0.493 e. The molecule has 2 N–H and O–H groups in total. The third-order valence-corrected chi connectivity index (χ3v) is 12.3. The molecule has 0 atom stereocenters. The van der Waals surface area contributed by atoms with Gasteiger partial charge in [0.2, 0.25) is 0 Å². The number of piperazine rings is 1. The predicted octanol–water partition coefficient (Wildman–Crippen LogP) is 3.77. The molecule has 0 spiro atoms. The highest BCUT2D eigenvalue weighted by molar-refractivity contribution is 7.99. The fourth-order valence-corrected chi connectivity index (χ4v) is 8.82. The van der Waals surface area contributed by atoms with Gasteiger partial charge in [-0.3, -0.25) is 29.0 Å². The molecule has 284 valence electrons. The van der Waals surface area contributed by atoms with Crippen LogP contribution in [0.5, 0.6) is 5.75 Å². The van der Waals surface area contributed by atoms with Gasteiger partial charge in [0, 0.05) is 105 Å². The van der Waals surface area contributed by atoms with Crippen molar-refractivity contribution in [2.75, 3.05) is 77.1 Å². The average molecular weight is 757 g/mol. The molecule has 5 aromatic rings. The lowest BCUT2D eigenvalue weighted by Gasteiger charge is -2.38. The van der Waals surface area contributed by atoms with Gasteiger partial charge < -0.3 is 24.3 Å². The maximum Gasteiger partial charge on any atom is 0.332 e. The van der Waals surface area contributed by atoms with Gasteiger partial charge in [-0.25, -0.2) is 14.2 Å². The number of hydrogen-bond acceptors (Lipinski definition) is 11. The van der Waals surface area contributed by atoms with E-state index in [1.54, 1.807) is 24.0 Å². The van der Waals surface area contributed by atoms with Crippen molar-refractivity contribution in [3.8, 4) is 11.4 Å². The molecule has 0 bridgehead atoms. The summed E-state index contributed by atoms with van der Waals surface area (Å²) < 4.78 is 28.0. The quantitative estimate of drug-likeness (QED) is 0.204. The van der Waals surface area contributed by atoms with Gasteiger partial charge in [0.15, 0.2) is 0 Å². The summed E-state index contributed by atoms with van der Waals surface area (Å²) in [4.78, 5) is 58.4. The number of benzene rings is 2. The van der Waals surface area contributed by atoms with Crippen LogP contribution in [0, 0.1) is 11.7 Å². The number of thioether (sulfide) groups is 1. The van der Waals surface area contributed by atoms with Crippen LogP contribution in [0.4, 0.5) is 10.1 Å². The van der Waals surface area contributed by atoms with E-state index in [1.807, 2.05) is 18.3 Å². The van der Waals surface area contributed by atoms with Crippen LogP contribution in [0.2, 0.25) is 0 Å². The number of piperidine rings is 1. The molecule has 0 unspecified atom stereocenters. The second-order valence-corrected chi connectivity index (χ2v) is 15.7. The van der Waals surface area contributed by atoms with E-state index >= 15 is 4.39 Å². The molecular weight excluding hydrogens is 712 g/mol. The molecule has 3 saturated heterocycles. The molecule has 2 aromatic carbocycles. The molecule has 15 heteroatoms. The molecule has 0 radical (unpaired) electrons. The van der Waals surface area contributed by atoms with Crippen LogP contribution in [-0.2, 0) is 10.5 Å². The zero-order chi connectivity index (χ0) is 37.0. The van der Waals surface area contributed by atoms with Crippen molar-refractivity contribution in [1.82, 2.24) is 34.3 Å². The molecule has 3 aliphatic heterocycles. The number of halogens is 1. The van der Waals surface area contributed by atoms with Crippen molar-refractivity contribution in [2.24, 2.45) is 5.92 Å². The van der Waals surface area contributed by atoms with E-state index in [1.165, 1.54) is 22.9 Å². The van der Waals surface area contributed by atoms with Crippen molar-refractivity contribution < 1.29 is 13.9 Å². The van der Waals surface area contributed by atoms with Gasteiger partial charge in [-0.15, -0.1) is 0 Å². The number of pyridine rings is 1. The smallest absolute Gasteiger partial charge is 0.332 e. The first-order chi connectivity index (χ1) is 26.4. The van der Waals surface area contributed by atoms with E-state index < -0.39 is 22.6 Å². The van der Waals surface area contributed by atoms with Gasteiger partial charge >= 0.3 is 5.69 Å². The van der Waals surface area contributed by atoms with E-state index in [0.717, 1.165) is 108 Å². The van der Waals surface area contributed by atoms with E-state index in [2.05, 4.69) is 40.7 Å². The maximum atomic E-state index is 15.0. The zero-order valence-electron chi connectivity index (χ0n) is 30.2. The number of ether oxygens (including phenoxy) is 2. The number of nitrogens with one attached hydrogen (secondary N) is 2. The molecule has 6 heterocycles. The molecule has 0 aliphatic carbocycles. The Morgan fingerprint density at radius 2 is 1.65 bits per heavy atom. The van der Waals surface area contributed by atoms with E-state index in [-0.39, 0.29) is 5.39 Å². The van der Waals surface area contributed by atoms with Crippen molar-refractivity contribution >= 4 is 39.1 Å². The Bertz CT molecular complexity index is 2280. The second kappa shape index (κ2) is 16.4. The van der Waals surface area contributed by atoms with Gasteiger partial charge in [-0.1, -0.05) is 12.1 Å². The largest absolute Gasteiger partial charge is 0.493 e. The molecule has 3 aromatic heterocycles. The van der Waals surface area contributed by atoms with Crippen LogP contribution < -0.4 is 26.4 Å². The fourth-order valence-electron chi connectivity index (χ4n) is 7.76. The Labute approximate surface area is 315 Å². The third kappa shape index (κ3) is 8.23. The summed E-state index contributed by atoms with van der Waals surface area (Å²) in [6.07, 6.45) is 8.96. The minimum absolute atomic E-state index is 0.0281. The first kappa shape index (κ1) is 36.4. The average Bonchev–Trinajstić information content (AvgIpc) is 3.19. The number of likely N-dealkylation sites (tertiary alicyclic amines) is 1. The topological polar surface area (TPSA) is 142 Å². The summed E-state index contributed by atoms with van der Waals surface area (Å²) in [6.45, 7) is 9.69. The fraction of sp³-hybridized carbons (Fsp3) is 0.462. The highest BCUT2D eigenvalue weighted by Crippen LogP contribution is 2.31. The standard InChI is InChI=1S/C39H45FN8O5S/c40-31-20-27(21-32-37(31)38(50)43-35(42-32)25-54-28-7-18-52-19-8-28)53-24-26-4-9-45(10-5-26)12-13-46-14-16-47(17-15-46)33-3-1-2-29-30(33)22-41-23-34(29)48-11-6-36(49)44-39(48)51/h1-3,6,11,20-23,26,28H,4-5,7-10,12-19,24-25H2,(H,42,43,50)(H,44,49,51). The molecule has 0 amide bonds. The molecule has 54 heavy (non-hydrogen) atoms. The summed E-state index contributed by atoms with van der Waals surface area (Å²) in [5.74, 6) is 1.29. The van der Waals surface area contributed by atoms with Crippen molar-refractivity contribution in [2.45, 2.75) is 36.7 Å². The lowest BCUT2D eigenvalue weighted by atomic mass is 9.98. The highest BCUT2D eigenvalue weighted by Gasteiger charge is 2.24. The van der Waals surface area contributed by atoms with Gasteiger partial charge in [0.05, 0.1) is 29.8 Å². The molecular formula is C39H45FN8O5S. The number of rotatable bonds is 11. The van der Waals surface area contributed by atoms with Gasteiger partial charge in [0.1, 0.15) is 22.8 Å². The summed E-state index contributed by atoms with van der Waals surface area (Å²) in [5, 5.41) is 2.31. The molecule has 3 aliphatic rings. The Balaban J connectivity index is 0.801. The number of nitrogens with zero attached hydrogens (tertiary/aromatic N) is 6. The number of H-pyrrole nitrogens is 2. The maximum absolute atomic E-state index is 15.0. The second-order valence-electron chi connectivity index (χ2n) is 14.4. The van der Waals surface area contributed by atoms with E-state index in [9.17, 15) is 14.4 Å². The number of fused-ring (bicyclic) bond motifs is 2. The minimum atomic E-state index is -0.612. The summed E-state index contributed by atoms with van der Waals surface area (Å²) in [6, 6.07) is 10.4. The van der Waals surface area contributed by atoms with E-state index in [0.29, 0.717) is 46.3 Å². The van der Waals surface area contributed by atoms with Crippen LogP contribution in [0.15, 0.2) is 69.4 Å². The molecule has 13 nitrogen and oxygen atoms in total. The first-order valence-electron chi connectivity index (χ1n) is 18.8. The summed E-state index contributed by atoms with van der Waals surface area (Å²) in [7, 11) is 0. The molecule has 0 saturated carbocycles. The normalized spacial score (nSPS) is 18.1. The Morgan fingerprint density at radius 1 is 0.870 bits per heavy atom. The monoisotopic (exact) mass is 756 g/mol. The van der Waals surface area contributed by atoms with Crippen molar-refractivity contribution in [3.05, 3.63) is 97.8 Å². The van der Waals surface area contributed by atoms with Crippen LogP contribution in [-0.4, -0.2) is 112 Å². The van der Waals surface area contributed by atoms with Gasteiger partial charge in [-0.05, 0) is 50.8 Å². The van der Waals surface area contributed by atoms with Gasteiger partial charge in [0.25, 0.3) is 11.1 Å². The SMILES string of the molecule is O=c1ccn(-c2cncc3c(N4CCN(CCN5CCC(COc6cc(F)c7c(=O)[nH]c(CSC8CCOCC8)nc7c6)CC5)CC4)cccc23)c(=O)[nH]1. The molecule has 8 rings (SSSR count). The van der Waals surface area contributed by atoms with Crippen LogP contribution in [0.25, 0.3) is 27.4 Å². The summed E-state index contributed by atoms with van der Waals surface area (Å²) in [5.41, 5.74) is 0.667. The number of hydrogen-bond donors (Lipinski definition) is 2. The van der Waals surface area contributed by atoms with Crippen LogP contribution in [0.3, 0.4) is 0 Å². The summed E-state index contributed by atoms with van der Waals surface area (Å²) >= 11 is 1.75. The van der Waals surface area contributed by atoms with Gasteiger partial charge in [-0.2, -0.15) is 11.8 Å². The Hall–Kier alpha value is -4.57. The number of aromatic amines is 2. The lowest BCUT2D eigenvalue weighted by molar-refractivity contribution is 0.1000.